The third-order valence-electron chi connectivity index (χ3n) is 2.77. The normalized spacial score (nSPS) is 23.9. The maximum atomic E-state index is 6.02. The minimum atomic E-state index is 0.554. The van der Waals surface area contributed by atoms with Crippen LogP contribution in [0.15, 0.2) is 12.3 Å². The lowest BCUT2D eigenvalue weighted by Gasteiger charge is -2.07. The van der Waals surface area contributed by atoms with E-state index in [2.05, 4.69) is 17.2 Å². The monoisotopic (exact) mass is 225 g/mol. The molecule has 0 spiro atoms. The number of anilines is 2. The highest BCUT2D eigenvalue weighted by molar-refractivity contribution is 6.33. The highest BCUT2D eigenvalue weighted by Crippen LogP contribution is 2.38. The Balaban J connectivity index is 1.95. The molecule has 1 saturated carbocycles. The molecule has 1 aromatic rings. The molecule has 1 aliphatic carbocycles. The number of nitrogens with two attached hydrogens (primary N) is 1. The van der Waals surface area contributed by atoms with E-state index in [1.807, 2.05) is 0 Å². The van der Waals surface area contributed by atoms with Gasteiger partial charge in [-0.2, -0.15) is 0 Å². The van der Waals surface area contributed by atoms with Gasteiger partial charge in [-0.1, -0.05) is 24.9 Å². The molecule has 1 aliphatic rings. The van der Waals surface area contributed by atoms with Gasteiger partial charge in [0.15, 0.2) is 0 Å². The van der Waals surface area contributed by atoms with E-state index in [1.165, 1.54) is 19.3 Å². The minimum Gasteiger partial charge on any atom is -0.397 e. The Labute approximate surface area is 95.0 Å². The van der Waals surface area contributed by atoms with Crippen molar-refractivity contribution in [1.82, 2.24) is 4.98 Å². The second-order valence-electron chi connectivity index (χ2n) is 4.13. The highest BCUT2D eigenvalue weighted by Gasteiger charge is 2.36. The van der Waals surface area contributed by atoms with E-state index < -0.39 is 0 Å². The van der Waals surface area contributed by atoms with Gasteiger partial charge >= 0.3 is 0 Å². The lowest BCUT2D eigenvalue weighted by atomic mass is 10.2. The standard InChI is InChI=1S/C11H16ClN3/c1-2-3-7-4-10(7)15-11-9(12)5-8(13)6-14-11/h5-7,10H,2-4,13H2,1H3,(H,14,15). The van der Waals surface area contributed by atoms with Crippen LogP contribution in [0.2, 0.25) is 5.02 Å². The van der Waals surface area contributed by atoms with Crippen LogP contribution < -0.4 is 11.1 Å². The Hall–Kier alpha value is -0.960. The summed E-state index contributed by atoms with van der Waals surface area (Å²) in [6, 6.07) is 2.28. The molecule has 1 fully saturated rings. The lowest BCUT2D eigenvalue weighted by molar-refractivity contribution is 0.692. The van der Waals surface area contributed by atoms with Crippen molar-refractivity contribution in [2.75, 3.05) is 11.1 Å². The van der Waals surface area contributed by atoms with Gasteiger partial charge in [0.05, 0.1) is 16.9 Å². The van der Waals surface area contributed by atoms with E-state index in [0.717, 1.165) is 11.7 Å². The molecule has 0 radical (unpaired) electrons. The number of nitrogens with zero attached hydrogens (tertiary/aromatic N) is 1. The van der Waals surface area contributed by atoms with Crippen molar-refractivity contribution in [3.63, 3.8) is 0 Å². The zero-order valence-corrected chi connectivity index (χ0v) is 9.59. The van der Waals surface area contributed by atoms with Crippen LogP contribution in [0.25, 0.3) is 0 Å². The average molecular weight is 226 g/mol. The smallest absolute Gasteiger partial charge is 0.145 e. The lowest BCUT2D eigenvalue weighted by Crippen LogP contribution is -2.07. The van der Waals surface area contributed by atoms with Crippen molar-refractivity contribution < 1.29 is 0 Å². The summed E-state index contributed by atoms with van der Waals surface area (Å²) in [6.45, 7) is 2.21. The maximum absolute atomic E-state index is 6.02. The third kappa shape index (κ3) is 2.53. The zero-order chi connectivity index (χ0) is 10.8. The third-order valence-corrected chi connectivity index (χ3v) is 3.05. The first-order chi connectivity index (χ1) is 7.20. The first-order valence-electron chi connectivity index (χ1n) is 5.38. The fraction of sp³-hybridized carbons (Fsp3) is 0.545. The first-order valence-corrected chi connectivity index (χ1v) is 5.76. The Morgan fingerprint density at radius 1 is 1.67 bits per heavy atom. The molecule has 2 rings (SSSR count). The summed E-state index contributed by atoms with van der Waals surface area (Å²) in [4.78, 5) is 4.18. The summed E-state index contributed by atoms with van der Waals surface area (Å²) in [5.74, 6) is 1.56. The van der Waals surface area contributed by atoms with Crippen molar-refractivity contribution >= 4 is 23.1 Å². The molecule has 3 nitrogen and oxygen atoms in total. The minimum absolute atomic E-state index is 0.554. The largest absolute Gasteiger partial charge is 0.397 e. The topological polar surface area (TPSA) is 50.9 Å². The molecule has 0 saturated heterocycles. The molecule has 15 heavy (non-hydrogen) atoms. The molecule has 2 unspecified atom stereocenters. The second-order valence-corrected chi connectivity index (χ2v) is 4.54. The van der Waals surface area contributed by atoms with Gasteiger partial charge in [0.25, 0.3) is 0 Å². The van der Waals surface area contributed by atoms with Crippen LogP contribution in [0.1, 0.15) is 26.2 Å². The summed E-state index contributed by atoms with van der Waals surface area (Å²) >= 11 is 6.02. The number of hydrogen-bond donors (Lipinski definition) is 2. The van der Waals surface area contributed by atoms with E-state index in [0.29, 0.717) is 16.8 Å². The molecule has 4 heteroatoms. The quantitative estimate of drug-likeness (QED) is 0.829. The fourth-order valence-corrected chi connectivity index (χ4v) is 2.08. The molecule has 2 atom stereocenters. The number of aromatic nitrogens is 1. The Morgan fingerprint density at radius 3 is 3.13 bits per heavy atom. The van der Waals surface area contributed by atoms with Gasteiger partial charge in [-0.05, 0) is 24.8 Å². The molecule has 3 N–H and O–H groups in total. The van der Waals surface area contributed by atoms with Gasteiger partial charge < -0.3 is 11.1 Å². The number of rotatable bonds is 4. The number of pyridine rings is 1. The summed E-state index contributed by atoms with van der Waals surface area (Å²) in [5.41, 5.74) is 6.18. The van der Waals surface area contributed by atoms with E-state index in [1.54, 1.807) is 12.3 Å². The van der Waals surface area contributed by atoms with Crippen LogP contribution >= 0.6 is 11.6 Å². The highest BCUT2D eigenvalue weighted by atomic mass is 35.5. The van der Waals surface area contributed by atoms with Gasteiger partial charge in [-0.15, -0.1) is 0 Å². The van der Waals surface area contributed by atoms with Crippen LogP contribution in [0.5, 0.6) is 0 Å². The van der Waals surface area contributed by atoms with Crippen molar-refractivity contribution in [2.45, 2.75) is 32.2 Å². The van der Waals surface area contributed by atoms with Crippen molar-refractivity contribution in [3.05, 3.63) is 17.3 Å². The number of nitrogens with one attached hydrogen (secondary N) is 1. The Bertz CT molecular complexity index is 354. The summed E-state index contributed by atoms with van der Waals surface area (Å²) in [7, 11) is 0. The van der Waals surface area contributed by atoms with Crippen molar-refractivity contribution in [2.24, 2.45) is 5.92 Å². The molecule has 1 heterocycles. The average Bonchev–Trinajstić information content (AvgIpc) is 2.90. The number of halogens is 1. The summed E-state index contributed by atoms with van der Waals surface area (Å²) < 4.78 is 0. The van der Waals surface area contributed by atoms with Crippen molar-refractivity contribution in [3.8, 4) is 0 Å². The van der Waals surface area contributed by atoms with E-state index in [9.17, 15) is 0 Å². The Kier molecular flexibility index (Phi) is 3.00. The molecule has 0 amide bonds. The SMILES string of the molecule is CCCC1CC1Nc1ncc(N)cc1Cl. The van der Waals surface area contributed by atoms with E-state index >= 15 is 0 Å². The van der Waals surface area contributed by atoms with E-state index in [4.69, 9.17) is 17.3 Å². The predicted octanol–water partition coefficient (Wildman–Crippen LogP) is 2.92. The van der Waals surface area contributed by atoms with Gasteiger partial charge in [0, 0.05) is 6.04 Å². The van der Waals surface area contributed by atoms with Gasteiger partial charge in [-0.25, -0.2) is 4.98 Å². The molecule has 82 valence electrons. The van der Waals surface area contributed by atoms with Gasteiger partial charge in [0.2, 0.25) is 0 Å². The molecule has 0 aliphatic heterocycles. The second kappa shape index (κ2) is 4.27. The number of hydrogen-bond acceptors (Lipinski definition) is 3. The Morgan fingerprint density at radius 2 is 2.47 bits per heavy atom. The zero-order valence-electron chi connectivity index (χ0n) is 8.83. The molecule has 0 bridgehead atoms. The molecule has 1 aromatic heterocycles. The van der Waals surface area contributed by atoms with Crippen LogP contribution in [0.4, 0.5) is 11.5 Å². The van der Waals surface area contributed by atoms with Crippen LogP contribution in [0.3, 0.4) is 0 Å². The summed E-state index contributed by atoms with van der Waals surface area (Å²) in [5, 5.41) is 3.96. The van der Waals surface area contributed by atoms with Crippen LogP contribution in [-0.4, -0.2) is 11.0 Å². The summed E-state index contributed by atoms with van der Waals surface area (Å²) in [6.07, 6.45) is 5.39. The van der Waals surface area contributed by atoms with Crippen LogP contribution in [-0.2, 0) is 0 Å². The fourth-order valence-electron chi connectivity index (χ4n) is 1.85. The molecule has 0 aromatic carbocycles. The first kappa shape index (κ1) is 10.6. The van der Waals surface area contributed by atoms with Gasteiger partial charge in [0.1, 0.15) is 5.82 Å². The van der Waals surface area contributed by atoms with E-state index in [-0.39, 0.29) is 0 Å². The number of nitrogen functional groups attached to an aromatic ring is 1. The van der Waals surface area contributed by atoms with Gasteiger partial charge in [-0.3, -0.25) is 0 Å². The molecular weight excluding hydrogens is 210 g/mol. The predicted molar refractivity (Wildman–Crippen MR) is 64.1 cm³/mol. The van der Waals surface area contributed by atoms with Crippen molar-refractivity contribution in [1.29, 1.82) is 0 Å². The maximum Gasteiger partial charge on any atom is 0.145 e. The van der Waals surface area contributed by atoms with Crippen LogP contribution in [0, 0.1) is 5.92 Å². The molecular formula is C11H16ClN3.